The van der Waals surface area contributed by atoms with Crippen LogP contribution >= 0.6 is 0 Å². The van der Waals surface area contributed by atoms with Crippen LogP contribution in [-0.2, 0) is 0 Å². The lowest BCUT2D eigenvalue weighted by Gasteiger charge is -2.34. The molecule has 2 heterocycles. The Morgan fingerprint density at radius 3 is 2.70 bits per heavy atom. The second kappa shape index (κ2) is 5.81. The lowest BCUT2D eigenvalue weighted by molar-refractivity contribution is 0.0661. The van der Waals surface area contributed by atoms with Gasteiger partial charge in [0.15, 0.2) is 0 Å². The molecule has 1 aliphatic heterocycles. The minimum atomic E-state index is -0.204. The van der Waals surface area contributed by atoms with E-state index in [0.717, 1.165) is 19.4 Å². The fraction of sp³-hybridized carbons (Fsp3) is 0.625. The number of carbonyl (C=O) groups excluding carboxylic acids is 1. The van der Waals surface area contributed by atoms with Gasteiger partial charge in [0.25, 0.3) is 5.91 Å². The van der Waals surface area contributed by atoms with Crippen LogP contribution in [0.1, 0.15) is 55.3 Å². The molecule has 3 rings (SSSR count). The minimum absolute atomic E-state index is 0.0316. The molecule has 0 bridgehead atoms. The highest BCUT2D eigenvalue weighted by Crippen LogP contribution is 2.34. The summed E-state index contributed by atoms with van der Waals surface area (Å²) in [5.41, 5.74) is 0.320. The Hall–Kier alpha value is -1.58. The van der Waals surface area contributed by atoms with Gasteiger partial charge in [0.1, 0.15) is 0 Å². The molecule has 1 amide bonds. The van der Waals surface area contributed by atoms with Gasteiger partial charge in [-0.05, 0) is 37.7 Å². The zero-order valence-corrected chi connectivity index (χ0v) is 11.8. The Bertz CT molecular complexity index is 531. The van der Waals surface area contributed by atoms with E-state index in [2.05, 4.69) is 4.98 Å². The van der Waals surface area contributed by atoms with Crippen LogP contribution in [0.4, 0.5) is 0 Å². The molecule has 1 aromatic heterocycles. The van der Waals surface area contributed by atoms with Crippen molar-refractivity contribution in [1.29, 1.82) is 0 Å². The number of amides is 1. The Kier molecular flexibility index (Phi) is 3.90. The van der Waals surface area contributed by atoms with Crippen LogP contribution in [0, 0.1) is 5.92 Å². The van der Waals surface area contributed by atoms with Crippen molar-refractivity contribution < 1.29 is 4.79 Å². The number of aromatic amines is 1. The molecule has 1 atom stereocenters. The topological polar surface area (TPSA) is 53.2 Å². The third kappa shape index (κ3) is 2.65. The van der Waals surface area contributed by atoms with E-state index in [-0.39, 0.29) is 11.5 Å². The van der Waals surface area contributed by atoms with Gasteiger partial charge >= 0.3 is 0 Å². The first-order valence-corrected chi connectivity index (χ1v) is 7.75. The smallest absolute Gasteiger partial charge is 0.254 e. The molecule has 4 nitrogen and oxygen atoms in total. The van der Waals surface area contributed by atoms with Gasteiger partial charge in [0.05, 0.1) is 0 Å². The van der Waals surface area contributed by atoms with Crippen molar-refractivity contribution in [1.82, 2.24) is 9.88 Å². The number of hydrogen-bond donors (Lipinski definition) is 1. The van der Waals surface area contributed by atoms with Crippen molar-refractivity contribution in [3.05, 3.63) is 34.2 Å². The zero-order chi connectivity index (χ0) is 13.9. The van der Waals surface area contributed by atoms with Gasteiger partial charge in [-0.2, -0.15) is 0 Å². The largest absolute Gasteiger partial charge is 0.335 e. The summed E-state index contributed by atoms with van der Waals surface area (Å²) in [6, 6.07) is 3.51. The summed E-state index contributed by atoms with van der Waals surface area (Å²) < 4.78 is 0. The Morgan fingerprint density at radius 1 is 1.15 bits per heavy atom. The summed E-state index contributed by atoms with van der Waals surface area (Å²) in [7, 11) is 0. The third-order valence-electron chi connectivity index (χ3n) is 4.78. The summed E-state index contributed by atoms with van der Waals surface area (Å²) in [6.07, 6.45) is 10.2. The Morgan fingerprint density at radius 2 is 1.95 bits per heavy atom. The minimum Gasteiger partial charge on any atom is -0.335 e. The van der Waals surface area contributed by atoms with Crippen LogP contribution in [0.2, 0.25) is 0 Å². The molecule has 108 valence electrons. The molecule has 20 heavy (non-hydrogen) atoms. The Labute approximate surface area is 119 Å². The first-order valence-electron chi connectivity index (χ1n) is 7.75. The third-order valence-corrected chi connectivity index (χ3v) is 4.78. The molecule has 1 aliphatic carbocycles. The summed E-state index contributed by atoms with van der Waals surface area (Å²) in [6.45, 7) is 0.840. The predicted octanol–water partition coefficient (Wildman–Crippen LogP) is 2.56. The summed E-state index contributed by atoms with van der Waals surface area (Å²) in [5.74, 6) is 0.696. The fourth-order valence-corrected chi connectivity index (χ4v) is 3.80. The van der Waals surface area contributed by atoms with Gasteiger partial charge in [-0.3, -0.25) is 9.59 Å². The maximum Gasteiger partial charge on any atom is 0.254 e. The number of rotatable bonds is 2. The monoisotopic (exact) mass is 274 g/mol. The van der Waals surface area contributed by atoms with E-state index in [1.54, 1.807) is 12.3 Å². The highest BCUT2D eigenvalue weighted by molar-refractivity contribution is 5.94. The van der Waals surface area contributed by atoms with Crippen molar-refractivity contribution in [3.63, 3.8) is 0 Å². The zero-order valence-electron chi connectivity index (χ0n) is 11.8. The second-order valence-corrected chi connectivity index (χ2v) is 6.05. The molecule has 1 aromatic rings. The van der Waals surface area contributed by atoms with E-state index in [1.807, 2.05) is 4.90 Å². The molecule has 1 saturated carbocycles. The van der Waals surface area contributed by atoms with E-state index in [0.29, 0.717) is 17.5 Å². The maximum atomic E-state index is 12.6. The number of nitrogens with zero attached hydrogens (tertiary/aromatic N) is 1. The number of aromatic nitrogens is 1. The second-order valence-electron chi connectivity index (χ2n) is 6.05. The molecule has 0 radical (unpaired) electrons. The number of hydrogen-bond acceptors (Lipinski definition) is 2. The van der Waals surface area contributed by atoms with Crippen LogP contribution in [-0.4, -0.2) is 28.4 Å². The SMILES string of the molecule is O=C(c1cc[nH]c(=O)c1)N1CCCC1C1CCCCC1. The van der Waals surface area contributed by atoms with E-state index < -0.39 is 0 Å². The summed E-state index contributed by atoms with van der Waals surface area (Å²) >= 11 is 0. The fourth-order valence-electron chi connectivity index (χ4n) is 3.80. The predicted molar refractivity (Wildman–Crippen MR) is 77.7 cm³/mol. The average Bonchev–Trinajstić information content (AvgIpc) is 2.97. The van der Waals surface area contributed by atoms with Crippen LogP contribution in [0.5, 0.6) is 0 Å². The van der Waals surface area contributed by atoms with Gasteiger partial charge in [0, 0.05) is 30.4 Å². The average molecular weight is 274 g/mol. The van der Waals surface area contributed by atoms with E-state index >= 15 is 0 Å². The van der Waals surface area contributed by atoms with Crippen molar-refractivity contribution in [2.45, 2.75) is 51.0 Å². The quantitative estimate of drug-likeness (QED) is 0.901. The Balaban J connectivity index is 1.77. The lowest BCUT2D eigenvalue weighted by atomic mass is 9.83. The number of H-pyrrole nitrogens is 1. The molecule has 1 unspecified atom stereocenters. The normalized spacial score (nSPS) is 24.0. The maximum absolute atomic E-state index is 12.6. The van der Waals surface area contributed by atoms with E-state index in [1.165, 1.54) is 38.2 Å². The van der Waals surface area contributed by atoms with Crippen LogP contribution in [0.25, 0.3) is 0 Å². The number of carbonyl (C=O) groups is 1. The summed E-state index contributed by atoms with van der Waals surface area (Å²) in [4.78, 5) is 28.6. The van der Waals surface area contributed by atoms with Crippen molar-refractivity contribution in [3.8, 4) is 0 Å². The number of pyridine rings is 1. The lowest BCUT2D eigenvalue weighted by Crippen LogP contribution is -2.41. The highest BCUT2D eigenvalue weighted by atomic mass is 16.2. The molecular weight excluding hydrogens is 252 g/mol. The molecule has 2 fully saturated rings. The molecular formula is C16H22N2O2. The standard InChI is InChI=1S/C16H22N2O2/c19-15-11-13(8-9-17-15)16(20)18-10-4-7-14(18)12-5-2-1-3-6-12/h8-9,11-12,14H,1-7,10H2,(H,17,19). The van der Waals surface area contributed by atoms with Crippen molar-refractivity contribution in [2.75, 3.05) is 6.54 Å². The van der Waals surface area contributed by atoms with Gasteiger partial charge in [-0.15, -0.1) is 0 Å². The molecule has 0 aromatic carbocycles. The van der Waals surface area contributed by atoms with Crippen LogP contribution in [0.3, 0.4) is 0 Å². The molecule has 0 spiro atoms. The van der Waals surface area contributed by atoms with Crippen molar-refractivity contribution >= 4 is 5.91 Å². The van der Waals surface area contributed by atoms with Gasteiger partial charge in [-0.1, -0.05) is 19.3 Å². The molecule has 1 saturated heterocycles. The molecule has 4 heteroatoms. The highest BCUT2D eigenvalue weighted by Gasteiger charge is 2.35. The first-order chi connectivity index (χ1) is 9.75. The van der Waals surface area contributed by atoms with Crippen molar-refractivity contribution in [2.24, 2.45) is 5.92 Å². The van der Waals surface area contributed by atoms with Gasteiger partial charge in [-0.25, -0.2) is 0 Å². The van der Waals surface area contributed by atoms with Gasteiger partial charge in [0.2, 0.25) is 5.56 Å². The van der Waals surface area contributed by atoms with E-state index in [4.69, 9.17) is 0 Å². The molecule has 1 N–H and O–H groups in total. The van der Waals surface area contributed by atoms with Gasteiger partial charge < -0.3 is 9.88 Å². The van der Waals surface area contributed by atoms with Crippen LogP contribution in [0.15, 0.2) is 23.1 Å². The number of likely N-dealkylation sites (tertiary alicyclic amines) is 1. The van der Waals surface area contributed by atoms with Crippen LogP contribution < -0.4 is 5.56 Å². The van der Waals surface area contributed by atoms with E-state index in [9.17, 15) is 9.59 Å². The first kappa shape index (κ1) is 13.4. The number of nitrogens with one attached hydrogen (secondary N) is 1. The summed E-state index contributed by atoms with van der Waals surface area (Å²) in [5, 5.41) is 0. The molecule has 2 aliphatic rings.